The molecule has 0 aromatic carbocycles. The second-order valence-corrected chi connectivity index (χ2v) is 5.13. The number of hydrogen-bond donors (Lipinski definition) is 2. The lowest BCUT2D eigenvalue weighted by molar-refractivity contribution is -0.158. The molecule has 2 heterocycles. The van der Waals surface area contributed by atoms with Crippen molar-refractivity contribution in [1.82, 2.24) is 10.2 Å². The highest BCUT2D eigenvalue weighted by atomic mass is 16.3. The van der Waals surface area contributed by atoms with Crippen LogP contribution >= 0.6 is 0 Å². The van der Waals surface area contributed by atoms with Crippen molar-refractivity contribution in [1.29, 1.82) is 0 Å². The molecular formula is C12H22N2O2. The monoisotopic (exact) mass is 226 g/mol. The van der Waals surface area contributed by atoms with Gasteiger partial charge in [0, 0.05) is 0 Å². The minimum Gasteiger partial charge on any atom is -0.386 e. The highest BCUT2D eigenvalue weighted by Crippen LogP contribution is 2.25. The molecule has 2 aliphatic heterocycles. The SMILES string of the molecule is CCC1(O)CN(C(=O)C2CCCCCN2)C1. The summed E-state index contributed by atoms with van der Waals surface area (Å²) in [5.41, 5.74) is -0.611. The van der Waals surface area contributed by atoms with E-state index in [0.717, 1.165) is 25.8 Å². The molecular weight excluding hydrogens is 204 g/mol. The van der Waals surface area contributed by atoms with E-state index in [0.29, 0.717) is 13.1 Å². The molecule has 2 fully saturated rings. The van der Waals surface area contributed by atoms with Crippen molar-refractivity contribution >= 4 is 5.91 Å². The van der Waals surface area contributed by atoms with Gasteiger partial charge in [-0.3, -0.25) is 4.79 Å². The van der Waals surface area contributed by atoms with Crippen molar-refractivity contribution < 1.29 is 9.90 Å². The Hall–Kier alpha value is -0.610. The van der Waals surface area contributed by atoms with Crippen LogP contribution in [0.5, 0.6) is 0 Å². The summed E-state index contributed by atoms with van der Waals surface area (Å²) in [6, 6.07) is -0.0103. The third-order valence-corrected chi connectivity index (χ3v) is 3.80. The summed E-state index contributed by atoms with van der Waals surface area (Å²) < 4.78 is 0. The molecule has 4 nitrogen and oxygen atoms in total. The summed E-state index contributed by atoms with van der Waals surface area (Å²) in [4.78, 5) is 13.9. The van der Waals surface area contributed by atoms with Gasteiger partial charge in [-0.1, -0.05) is 19.8 Å². The zero-order chi connectivity index (χ0) is 11.6. The molecule has 1 amide bonds. The lowest BCUT2D eigenvalue weighted by Crippen LogP contribution is -2.65. The van der Waals surface area contributed by atoms with Crippen molar-refractivity contribution in [2.75, 3.05) is 19.6 Å². The molecule has 2 rings (SSSR count). The molecule has 16 heavy (non-hydrogen) atoms. The van der Waals surface area contributed by atoms with Gasteiger partial charge < -0.3 is 15.3 Å². The first-order valence-electron chi connectivity index (χ1n) is 6.39. The summed E-state index contributed by atoms with van der Waals surface area (Å²) in [7, 11) is 0. The van der Waals surface area contributed by atoms with Gasteiger partial charge in [0.15, 0.2) is 0 Å². The van der Waals surface area contributed by atoms with E-state index < -0.39 is 5.60 Å². The van der Waals surface area contributed by atoms with Crippen LogP contribution in [0.25, 0.3) is 0 Å². The Kier molecular flexibility index (Phi) is 3.50. The highest BCUT2D eigenvalue weighted by Gasteiger charge is 2.43. The molecule has 0 aliphatic carbocycles. The van der Waals surface area contributed by atoms with Gasteiger partial charge >= 0.3 is 0 Å². The minimum atomic E-state index is -0.611. The molecule has 1 unspecified atom stereocenters. The molecule has 0 spiro atoms. The molecule has 0 saturated carbocycles. The number of hydrogen-bond acceptors (Lipinski definition) is 3. The Morgan fingerprint density at radius 2 is 2.19 bits per heavy atom. The molecule has 2 N–H and O–H groups in total. The molecule has 2 saturated heterocycles. The smallest absolute Gasteiger partial charge is 0.239 e. The second-order valence-electron chi connectivity index (χ2n) is 5.13. The summed E-state index contributed by atoms with van der Waals surface area (Å²) in [6.07, 6.45) is 5.20. The van der Waals surface area contributed by atoms with Gasteiger partial charge in [-0.15, -0.1) is 0 Å². The molecule has 1 atom stereocenters. The lowest BCUT2D eigenvalue weighted by Gasteiger charge is -2.47. The predicted octanol–water partition coefficient (Wildman–Crippen LogP) is 0.502. The van der Waals surface area contributed by atoms with E-state index in [1.54, 1.807) is 4.90 Å². The van der Waals surface area contributed by atoms with Gasteiger partial charge in [-0.25, -0.2) is 0 Å². The van der Waals surface area contributed by atoms with Crippen LogP contribution in [-0.4, -0.2) is 47.2 Å². The topological polar surface area (TPSA) is 52.6 Å². The van der Waals surface area contributed by atoms with Crippen LogP contribution in [0, 0.1) is 0 Å². The van der Waals surface area contributed by atoms with E-state index in [4.69, 9.17) is 0 Å². The van der Waals surface area contributed by atoms with Crippen LogP contribution in [-0.2, 0) is 4.79 Å². The quantitative estimate of drug-likeness (QED) is 0.721. The number of rotatable bonds is 2. The molecule has 92 valence electrons. The van der Waals surface area contributed by atoms with Crippen LogP contribution in [0.3, 0.4) is 0 Å². The Bertz CT molecular complexity index is 254. The minimum absolute atomic E-state index is 0.0103. The third kappa shape index (κ3) is 2.38. The van der Waals surface area contributed by atoms with Gasteiger partial charge in [0.2, 0.25) is 5.91 Å². The van der Waals surface area contributed by atoms with E-state index in [-0.39, 0.29) is 11.9 Å². The van der Waals surface area contributed by atoms with Gasteiger partial charge in [0.1, 0.15) is 0 Å². The molecule has 0 aromatic heterocycles. The fourth-order valence-electron chi connectivity index (χ4n) is 2.50. The Labute approximate surface area is 97.0 Å². The summed E-state index contributed by atoms with van der Waals surface area (Å²) in [6.45, 7) is 3.94. The summed E-state index contributed by atoms with van der Waals surface area (Å²) in [5.74, 6) is 0.181. The van der Waals surface area contributed by atoms with Gasteiger partial charge in [-0.2, -0.15) is 0 Å². The number of nitrogens with zero attached hydrogens (tertiary/aromatic N) is 1. The number of likely N-dealkylation sites (tertiary alicyclic amines) is 1. The van der Waals surface area contributed by atoms with Gasteiger partial charge in [-0.05, 0) is 25.8 Å². The van der Waals surface area contributed by atoms with Crippen molar-refractivity contribution in [3.8, 4) is 0 Å². The maximum Gasteiger partial charge on any atom is 0.239 e. The maximum atomic E-state index is 12.1. The van der Waals surface area contributed by atoms with E-state index in [1.807, 2.05) is 6.92 Å². The van der Waals surface area contributed by atoms with Crippen molar-refractivity contribution in [2.24, 2.45) is 0 Å². The molecule has 4 heteroatoms. The number of nitrogens with one attached hydrogen (secondary N) is 1. The highest BCUT2D eigenvalue weighted by molar-refractivity contribution is 5.83. The molecule has 0 aromatic rings. The maximum absolute atomic E-state index is 12.1. The van der Waals surface area contributed by atoms with Gasteiger partial charge in [0.25, 0.3) is 0 Å². The predicted molar refractivity (Wildman–Crippen MR) is 62.1 cm³/mol. The lowest BCUT2D eigenvalue weighted by atomic mass is 9.90. The second kappa shape index (κ2) is 4.72. The fourth-order valence-corrected chi connectivity index (χ4v) is 2.50. The molecule has 0 radical (unpaired) electrons. The van der Waals surface area contributed by atoms with E-state index in [9.17, 15) is 9.90 Å². The number of carbonyl (C=O) groups excluding carboxylic acids is 1. The third-order valence-electron chi connectivity index (χ3n) is 3.80. The summed E-state index contributed by atoms with van der Waals surface area (Å²) in [5, 5.41) is 13.2. The van der Waals surface area contributed by atoms with E-state index in [2.05, 4.69) is 5.32 Å². The first kappa shape index (κ1) is 11.9. The Balaban J connectivity index is 1.84. The Morgan fingerprint density at radius 1 is 1.44 bits per heavy atom. The Morgan fingerprint density at radius 3 is 2.88 bits per heavy atom. The van der Waals surface area contributed by atoms with Gasteiger partial charge in [0.05, 0.1) is 24.7 Å². The van der Waals surface area contributed by atoms with Crippen LogP contribution in [0.1, 0.15) is 39.0 Å². The number of amides is 1. The summed E-state index contributed by atoms with van der Waals surface area (Å²) >= 11 is 0. The average molecular weight is 226 g/mol. The van der Waals surface area contributed by atoms with Crippen molar-refractivity contribution in [3.63, 3.8) is 0 Å². The fraction of sp³-hybridized carbons (Fsp3) is 0.917. The van der Waals surface area contributed by atoms with Crippen molar-refractivity contribution in [3.05, 3.63) is 0 Å². The van der Waals surface area contributed by atoms with Crippen LogP contribution in [0.2, 0.25) is 0 Å². The normalized spacial score (nSPS) is 29.4. The van der Waals surface area contributed by atoms with Crippen molar-refractivity contribution in [2.45, 2.75) is 50.7 Å². The molecule has 0 bridgehead atoms. The van der Waals surface area contributed by atoms with Crippen LogP contribution in [0.4, 0.5) is 0 Å². The first-order chi connectivity index (χ1) is 7.64. The number of aliphatic hydroxyl groups is 1. The standard InChI is InChI=1S/C12H22N2O2/c1-2-12(16)8-14(9-12)11(15)10-6-4-3-5-7-13-10/h10,13,16H,2-9H2,1H3. The average Bonchev–Trinajstić information content (AvgIpc) is 2.52. The van der Waals surface area contributed by atoms with Crippen LogP contribution in [0.15, 0.2) is 0 Å². The van der Waals surface area contributed by atoms with E-state index >= 15 is 0 Å². The zero-order valence-corrected chi connectivity index (χ0v) is 10.0. The first-order valence-corrected chi connectivity index (χ1v) is 6.39. The number of β-amino-alcohol motifs (C(OH)–C–C–N with tert-alkyl or cyclic N) is 1. The van der Waals surface area contributed by atoms with Crippen LogP contribution < -0.4 is 5.32 Å². The molecule has 2 aliphatic rings. The largest absolute Gasteiger partial charge is 0.386 e. The number of carbonyl (C=O) groups is 1. The zero-order valence-electron chi connectivity index (χ0n) is 10.0. The van der Waals surface area contributed by atoms with E-state index in [1.165, 1.54) is 12.8 Å².